The number of hydrogen-bond donors (Lipinski definition) is 4. The molecule has 0 fully saturated rings. The number of aliphatic imine (C=N–C) groups is 1. The Morgan fingerprint density at radius 3 is 2.02 bits per heavy atom. The zero-order chi connectivity index (χ0) is 31.0. The van der Waals surface area contributed by atoms with Crippen molar-refractivity contribution in [3.05, 3.63) is 101 Å². The minimum atomic E-state index is 0.128. The number of amidine groups is 1. The van der Waals surface area contributed by atoms with Gasteiger partial charge in [0.1, 0.15) is 29.0 Å². The van der Waals surface area contributed by atoms with E-state index < -0.39 is 0 Å². The summed E-state index contributed by atoms with van der Waals surface area (Å²) in [6, 6.07) is 26.2. The largest absolute Gasteiger partial charge is 0.456 e. The Labute approximate surface area is 264 Å². The summed E-state index contributed by atoms with van der Waals surface area (Å²) in [4.78, 5) is 20.8. The minimum absolute atomic E-state index is 0.128. The molecule has 9 heteroatoms. The van der Waals surface area contributed by atoms with E-state index in [1.165, 1.54) is 0 Å². The van der Waals surface area contributed by atoms with E-state index in [1.54, 1.807) is 0 Å². The summed E-state index contributed by atoms with van der Waals surface area (Å²) >= 11 is 3.67. The number of imidazole rings is 2. The van der Waals surface area contributed by atoms with Gasteiger partial charge in [0.25, 0.3) is 0 Å². The number of benzene rings is 4. The van der Waals surface area contributed by atoms with Crippen molar-refractivity contribution < 1.29 is 4.74 Å². The molecule has 0 amide bonds. The third-order valence-electron chi connectivity index (χ3n) is 7.03. The molecule has 6 aromatic rings. The van der Waals surface area contributed by atoms with Gasteiger partial charge in [0.2, 0.25) is 0 Å². The zero-order valence-corrected chi connectivity index (χ0v) is 26.7. The Hall–Kier alpha value is -4.89. The van der Waals surface area contributed by atoms with E-state index >= 15 is 0 Å². The summed E-state index contributed by atoms with van der Waals surface area (Å²) in [5.74, 6) is 3.48. The quantitative estimate of drug-likeness (QED) is 0.0928. The van der Waals surface area contributed by atoms with Gasteiger partial charge in [-0.25, -0.2) is 9.97 Å². The fourth-order valence-electron chi connectivity index (χ4n) is 4.96. The number of nitrogens with zero attached hydrogens (tertiary/aromatic N) is 3. The van der Waals surface area contributed by atoms with Crippen LogP contribution in [0.3, 0.4) is 0 Å². The number of fused-ring (bicyclic) bond motifs is 2. The first-order valence-corrected chi connectivity index (χ1v) is 15.3. The van der Waals surface area contributed by atoms with Crippen molar-refractivity contribution in [1.82, 2.24) is 25.3 Å². The topological polar surface area (TPSA) is 117 Å². The van der Waals surface area contributed by atoms with Gasteiger partial charge >= 0.3 is 0 Å². The predicted octanol–water partition coefficient (Wildman–Crippen LogP) is 8.41. The number of aromatic nitrogens is 4. The highest BCUT2D eigenvalue weighted by Crippen LogP contribution is 2.34. The van der Waals surface area contributed by atoms with E-state index in [2.05, 4.69) is 62.7 Å². The van der Waals surface area contributed by atoms with Gasteiger partial charge in [0.15, 0.2) is 0 Å². The van der Waals surface area contributed by atoms with Crippen LogP contribution >= 0.6 is 15.9 Å². The van der Waals surface area contributed by atoms with Crippen LogP contribution in [0.1, 0.15) is 38.8 Å². The van der Waals surface area contributed by atoms with Crippen LogP contribution < -0.4 is 15.8 Å². The molecule has 8 nitrogen and oxygen atoms in total. The zero-order valence-electron chi connectivity index (χ0n) is 25.1. The third-order valence-corrected chi connectivity index (χ3v) is 7.65. The van der Waals surface area contributed by atoms with Crippen molar-refractivity contribution in [1.29, 1.82) is 0 Å². The first-order valence-electron chi connectivity index (χ1n) is 14.5. The number of hydrogen-bond acceptors (Lipinski definition) is 5. The highest BCUT2D eigenvalue weighted by molar-refractivity contribution is 9.10. The van der Waals surface area contributed by atoms with Crippen LogP contribution in [0.2, 0.25) is 0 Å². The number of H-pyrrole nitrogens is 2. The van der Waals surface area contributed by atoms with Crippen LogP contribution in [-0.4, -0.2) is 37.9 Å². The van der Waals surface area contributed by atoms with E-state index in [4.69, 9.17) is 20.4 Å². The molecule has 0 aliphatic carbocycles. The van der Waals surface area contributed by atoms with Crippen LogP contribution in [0, 0.1) is 0 Å². The standard InChI is InChI=1S/C35H34BrN7O/c1-19(2)38-21(5)23-8-13-28-30(17-23)42-34(40-28)22-6-11-26(12-7-22)44-32-15-10-25(16-27(32)36)35-41-29-14-9-24(18-31(29)43-35)33(37)39-20(3)4/h6-20,38H,5H2,1-4H3,(H2,37,39)(H,40,42)(H,41,43). The van der Waals surface area contributed by atoms with E-state index in [0.29, 0.717) is 23.4 Å². The van der Waals surface area contributed by atoms with Gasteiger partial charge in [-0.1, -0.05) is 12.6 Å². The molecule has 0 bridgehead atoms. The second-order valence-corrected chi connectivity index (χ2v) is 12.1. The molecule has 0 saturated heterocycles. The summed E-state index contributed by atoms with van der Waals surface area (Å²) in [7, 11) is 0. The van der Waals surface area contributed by atoms with Gasteiger partial charge in [-0.3, -0.25) is 4.99 Å². The molecule has 222 valence electrons. The first kappa shape index (κ1) is 29.2. The molecule has 0 radical (unpaired) electrons. The van der Waals surface area contributed by atoms with E-state index in [1.807, 2.05) is 86.6 Å². The number of ether oxygens (including phenoxy) is 1. The maximum absolute atomic E-state index is 6.20. The smallest absolute Gasteiger partial charge is 0.141 e. The van der Waals surface area contributed by atoms with Crippen molar-refractivity contribution in [2.45, 2.75) is 39.8 Å². The molecular formula is C35H34BrN7O. The number of rotatable bonds is 9. The van der Waals surface area contributed by atoms with E-state index in [-0.39, 0.29) is 6.04 Å². The molecule has 2 heterocycles. The number of nitrogens with one attached hydrogen (secondary N) is 3. The third kappa shape index (κ3) is 6.23. The maximum atomic E-state index is 6.20. The number of aromatic amines is 2. The molecule has 2 aromatic heterocycles. The van der Waals surface area contributed by atoms with E-state index in [9.17, 15) is 0 Å². The summed E-state index contributed by atoms with van der Waals surface area (Å²) in [6.45, 7) is 12.4. The first-order chi connectivity index (χ1) is 21.1. The van der Waals surface area contributed by atoms with Gasteiger partial charge in [0.05, 0.1) is 26.5 Å². The Kier molecular flexibility index (Phi) is 7.97. The molecule has 0 aliphatic rings. The molecular weight excluding hydrogens is 614 g/mol. The van der Waals surface area contributed by atoms with Gasteiger partial charge in [-0.05, 0) is 122 Å². The SMILES string of the molecule is C=C(NC(C)C)c1ccc2nc(-c3ccc(Oc4ccc(-c5nc6ccc(C(N)=NC(C)C)cc6[nH]5)cc4Br)cc3)[nH]c2c1. The summed E-state index contributed by atoms with van der Waals surface area (Å²) in [5, 5.41) is 3.36. The molecule has 44 heavy (non-hydrogen) atoms. The molecule has 0 saturated carbocycles. The lowest BCUT2D eigenvalue weighted by Gasteiger charge is -2.12. The second-order valence-electron chi connectivity index (χ2n) is 11.3. The molecule has 0 spiro atoms. The molecule has 0 atom stereocenters. The maximum Gasteiger partial charge on any atom is 0.141 e. The van der Waals surface area contributed by atoms with Crippen LogP contribution in [0.4, 0.5) is 0 Å². The average Bonchev–Trinajstić information content (AvgIpc) is 3.61. The Bertz CT molecular complexity index is 2020. The van der Waals surface area contributed by atoms with Crippen molar-refractivity contribution in [3.8, 4) is 34.3 Å². The molecule has 4 aromatic carbocycles. The fourth-order valence-corrected chi connectivity index (χ4v) is 5.42. The number of halogens is 1. The van der Waals surface area contributed by atoms with Gasteiger partial charge in [-0.15, -0.1) is 0 Å². The molecule has 6 rings (SSSR count). The normalized spacial score (nSPS) is 12.0. The lowest BCUT2D eigenvalue weighted by Crippen LogP contribution is -2.20. The van der Waals surface area contributed by atoms with Crippen LogP contribution in [0.5, 0.6) is 11.5 Å². The van der Waals surface area contributed by atoms with Crippen LogP contribution in [0.15, 0.2) is 94.9 Å². The summed E-state index contributed by atoms with van der Waals surface area (Å²) in [6.07, 6.45) is 0. The number of nitrogens with two attached hydrogens (primary N) is 1. The van der Waals surface area contributed by atoms with Gasteiger partial charge in [0, 0.05) is 34.5 Å². The van der Waals surface area contributed by atoms with E-state index in [0.717, 1.165) is 66.1 Å². The molecule has 5 N–H and O–H groups in total. The molecule has 0 aliphatic heterocycles. The van der Waals surface area contributed by atoms with Crippen molar-refractivity contribution in [3.63, 3.8) is 0 Å². The Balaban J connectivity index is 1.17. The van der Waals surface area contributed by atoms with Gasteiger partial charge in [-0.2, -0.15) is 0 Å². The van der Waals surface area contributed by atoms with Crippen molar-refractivity contribution >= 4 is 49.5 Å². The van der Waals surface area contributed by atoms with Crippen molar-refractivity contribution in [2.75, 3.05) is 0 Å². The highest BCUT2D eigenvalue weighted by atomic mass is 79.9. The summed E-state index contributed by atoms with van der Waals surface area (Å²) in [5.41, 5.74) is 14.5. The average molecular weight is 649 g/mol. The lowest BCUT2D eigenvalue weighted by molar-refractivity contribution is 0.480. The minimum Gasteiger partial charge on any atom is -0.456 e. The summed E-state index contributed by atoms with van der Waals surface area (Å²) < 4.78 is 7.02. The monoisotopic (exact) mass is 647 g/mol. The molecule has 0 unspecified atom stereocenters. The van der Waals surface area contributed by atoms with Crippen molar-refractivity contribution in [2.24, 2.45) is 10.7 Å². The second kappa shape index (κ2) is 12.0. The lowest BCUT2D eigenvalue weighted by atomic mass is 10.1. The van der Waals surface area contributed by atoms with Crippen LogP contribution in [0.25, 0.3) is 50.5 Å². The fraction of sp³-hybridized carbons (Fsp3) is 0.171. The van der Waals surface area contributed by atoms with Gasteiger partial charge < -0.3 is 25.8 Å². The predicted molar refractivity (Wildman–Crippen MR) is 184 cm³/mol. The Morgan fingerprint density at radius 2 is 1.41 bits per heavy atom. The highest BCUT2D eigenvalue weighted by Gasteiger charge is 2.12. The Morgan fingerprint density at radius 1 is 0.818 bits per heavy atom. The van der Waals surface area contributed by atoms with Crippen LogP contribution in [-0.2, 0) is 0 Å².